The van der Waals surface area contributed by atoms with Crippen molar-refractivity contribution in [1.29, 1.82) is 0 Å². The van der Waals surface area contributed by atoms with Crippen molar-refractivity contribution in [3.05, 3.63) is 34.8 Å². The lowest BCUT2D eigenvalue weighted by Crippen LogP contribution is -2.41. The molecule has 2 heteroatoms. The van der Waals surface area contributed by atoms with Crippen molar-refractivity contribution in [2.24, 2.45) is 11.3 Å². The molecule has 0 spiro atoms. The highest BCUT2D eigenvalue weighted by Gasteiger charge is 2.49. The van der Waals surface area contributed by atoms with Gasteiger partial charge in [0, 0.05) is 24.5 Å². The molecule has 98 valence electrons. The van der Waals surface area contributed by atoms with E-state index in [2.05, 4.69) is 26.8 Å². The maximum atomic E-state index is 5.90. The lowest BCUT2D eigenvalue weighted by Gasteiger charge is -2.48. The SMILES string of the molecule is CO[C@H]1c2c(C)coc2CC2=CCC[C@H](C)[C@]21C. The molecule has 2 nitrogen and oxygen atoms in total. The van der Waals surface area contributed by atoms with E-state index in [0.29, 0.717) is 5.92 Å². The highest BCUT2D eigenvalue weighted by molar-refractivity contribution is 5.42. The Morgan fingerprint density at radius 1 is 1.44 bits per heavy atom. The van der Waals surface area contributed by atoms with E-state index in [-0.39, 0.29) is 11.5 Å². The fourth-order valence-electron chi connectivity index (χ4n) is 3.86. The quantitative estimate of drug-likeness (QED) is 0.693. The van der Waals surface area contributed by atoms with Crippen molar-refractivity contribution in [3.63, 3.8) is 0 Å². The molecule has 0 unspecified atom stereocenters. The molecule has 0 amide bonds. The van der Waals surface area contributed by atoms with E-state index in [1.807, 2.05) is 13.4 Å². The normalized spacial score (nSPS) is 34.8. The third-order valence-electron chi connectivity index (χ3n) is 5.20. The van der Waals surface area contributed by atoms with Crippen LogP contribution < -0.4 is 0 Å². The maximum absolute atomic E-state index is 5.90. The number of hydrogen-bond donors (Lipinski definition) is 0. The molecule has 0 saturated heterocycles. The Bertz CT molecular complexity index is 497. The Morgan fingerprint density at radius 3 is 2.94 bits per heavy atom. The average Bonchev–Trinajstić information content (AvgIpc) is 2.70. The number of furan rings is 1. The van der Waals surface area contributed by atoms with Crippen LogP contribution in [0.3, 0.4) is 0 Å². The van der Waals surface area contributed by atoms with Gasteiger partial charge in [-0.05, 0) is 31.2 Å². The summed E-state index contributed by atoms with van der Waals surface area (Å²) in [5.74, 6) is 1.77. The van der Waals surface area contributed by atoms with E-state index in [9.17, 15) is 0 Å². The molecule has 1 heterocycles. The minimum atomic E-state index is 0.134. The van der Waals surface area contributed by atoms with Crippen LogP contribution >= 0.6 is 0 Å². The first-order chi connectivity index (χ1) is 8.59. The number of fused-ring (bicyclic) bond motifs is 2. The molecule has 0 aliphatic heterocycles. The second kappa shape index (κ2) is 3.99. The molecule has 0 N–H and O–H groups in total. The molecular formula is C16H22O2. The molecule has 0 aromatic carbocycles. The van der Waals surface area contributed by atoms with Gasteiger partial charge in [0.05, 0.1) is 12.4 Å². The van der Waals surface area contributed by atoms with Crippen LogP contribution in [0.4, 0.5) is 0 Å². The molecule has 2 aliphatic carbocycles. The summed E-state index contributed by atoms with van der Waals surface area (Å²) in [6, 6.07) is 0. The summed E-state index contributed by atoms with van der Waals surface area (Å²) in [6.07, 6.45) is 7.84. The Kier molecular flexibility index (Phi) is 2.67. The molecular weight excluding hydrogens is 224 g/mol. The molecule has 2 aliphatic rings. The molecule has 1 aromatic heterocycles. The number of hydrogen-bond acceptors (Lipinski definition) is 2. The Hall–Kier alpha value is -1.02. The number of allylic oxidation sites excluding steroid dienone is 1. The van der Waals surface area contributed by atoms with Crippen LogP contribution in [0.15, 0.2) is 22.3 Å². The van der Waals surface area contributed by atoms with Gasteiger partial charge in [-0.2, -0.15) is 0 Å². The van der Waals surface area contributed by atoms with Gasteiger partial charge in [-0.3, -0.25) is 0 Å². The van der Waals surface area contributed by atoms with E-state index in [1.165, 1.54) is 29.5 Å². The molecule has 0 saturated carbocycles. The van der Waals surface area contributed by atoms with Gasteiger partial charge in [0.15, 0.2) is 0 Å². The van der Waals surface area contributed by atoms with Crippen molar-refractivity contribution in [1.82, 2.24) is 0 Å². The highest BCUT2D eigenvalue weighted by Crippen LogP contribution is 2.57. The zero-order valence-corrected chi connectivity index (χ0v) is 11.7. The Balaban J connectivity index is 2.19. The first-order valence-corrected chi connectivity index (χ1v) is 6.88. The molecule has 1 aromatic rings. The topological polar surface area (TPSA) is 22.4 Å². The number of aryl methyl sites for hydroxylation is 1. The van der Waals surface area contributed by atoms with Gasteiger partial charge in [-0.15, -0.1) is 0 Å². The van der Waals surface area contributed by atoms with Crippen LogP contribution in [-0.2, 0) is 11.2 Å². The van der Waals surface area contributed by atoms with E-state index in [1.54, 1.807) is 0 Å². The van der Waals surface area contributed by atoms with Crippen molar-refractivity contribution in [3.8, 4) is 0 Å². The van der Waals surface area contributed by atoms with Gasteiger partial charge in [0.2, 0.25) is 0 Å². The average molecular weight is 246 g/mol. The van der Waals surface area contributed by atoms with E-state index >= 15 is 0 Å². The van der Waals surface area contributed by atoms with Crippen molar-refractivity contribution >= 4 is 0 Å². The largest absolute Gasteiger partial charge is 0.468 e. The lowest BCUT2D eigenvalue weighted by atomic mass is 9.58. The molecule has 0 fully saturated rings. The van der Waals surface area contributed by atoms with E-state index < -0.39 is 0 Å². The molecule has 3 atom stereocenters. The first kappa shape index (κ1) is 12.0. The minimum Gasteiger partial charge on any atom is -0.468 e. The number of rotatable bonds is 1. The monoisotopic (exact) mass is 246 g/mol. The van der Waals surface area contributed by atoms with E-state index in [4.69, 9.17) is 9.15 Å². The fraction of sp³-hybridized carbons (Fsp3) is 0.625. The Morgan fingerprint density at radius 2 is 2.22 bits per heavy atom. The smallest absolute Gasteiger partial charge is 0.113 e. The highest BCUT2D eigenvalue weighted by atomic mass is 16.5. The first-order valence-electron chi connectivity index (χ1n) is 6.88. The van der Waals surface area contributed by atoms with Crippen LogP contribution in [0.5, 0.6) is 0 Å². The summed E-state index contributed by atoms with van der Waals surface area (Å²) in [6.45, 7) is 6.85. The maximum Gasteiger partial charge on any atom is 0.113 e. The molecule has 0 bridgehead atoms. The van der Waals surface area contributed by atoms with Crippen molar-refractivity contribution in [2.75, 3.05) is 7.11 Å². The number of ether oxygens (including phenoxy) is 1. The standard InChI is InChI=1S/C16H22O2/c1-10-9-18-13-8-12-7-5-6-11(2)16(12,3)15(17-4)14(10)13/h7,9,11,15H,5-6,8H2,1-4H3/t11-,15-,16+/m0/s1. The predicted octanol–water partition coefficient (Wildman–Crippen LogP) is 4.19. The second-order valence-corrected chi connectivity index (χ2v) is 6.04. The van der Waals surface area contributed by atoms with Crippen LogP contribution in [-0.4, -0.2) is 7.11 Å². The summed E-state index contributed by atoms with van der Waals surface area (Å²) in [4.78, 5) is 0. The second-order valence-electron chi connectivity index (χ2n) is 6.04. The van der Waals surface area contributed by atoms with E-state index in [0.717, 1.165) is 12.2 Å². The Labute approximate surface area is 109 Å². The van der Waals surface area contributed by atoms with Gasteiger partial charge >= 0.3 is 0 Å². The molecule has 18 heavy (non-hydrogen) atoms. The van der Waals surface area contributed by atoms with Gasteiger partial charge in [-0.25, -0.2) is 0 Å². The zero-order valence-electron chi connectivity index (χ0n) is 11.7. The van der Waals surface area contributed by atoms with Gasteiger partial charge in [-0.1, -0.05) is 25.5 Å². The summed E-state index contributed by atoms with van der Waals surface area (Å²) in [7, 11) is 1.83. The van der Waals surface area contributed by atoms with Gasteiger partial charge in [0.25, 0.3) is 0 Å². The summed E-state index contributed by atoms with van der Waals surface area (Å²) >= 11 is 0. The summed E-state index contributed by atoms with van der Waals surface area (Å²) in [5.41, 5.74) is 4.17. The van der Waals surface area contributed by atoms with Crippen molar-refractivity contribution in [2.45, 2.75) is 46.1 Å². The molecule has 3 rings (SSSR count). The van der Waals surface area contributed by atoms with Crippen LogP contribution in [0.2, 0.25) is 0 Å². The van der Waals surface area contributed by atoms with Gasteiger partial charge < -0.3 is 9.15 Å². The lowest BCUT2D eigenvalue weighted by molar-refractivity contribution is -0.0277. The zero-order chi connectivity index (χ0) is 12.9. The molecule has 0 radical (unpaired) electrons. The predicted molar refractivity (Wildman–Crippen MR) is 71.5 cm³/mol. The number of methoxy groups -OCH3 is 1. The van der Waals surface area contributed by atoms with Gasteiger partial charge in [0.1, 0.15) is 5.76 Å². The van der Waals surface area contributed by atoms with Crippen LogP contribution in [0.1, 0.15) is 49.7 Å². The fourth-order valence-corrected chi connectivity index (χ4v) is 3.86. The third-order valence-corrected chi connectivity index (χ3v) is 5.20. The summed E-state index contributed by atoms with van der Waals surface area (Å²) in [5, 5.41) is 0. The third kappa shape index (κ3) is 1.38. The summed E-state index contributed by atoms with van der Waals surface area (Å²) < 4.78 is 11.6. The van der Waals surface area contributed by atoms with Crippen LogP contribution in [0.25, 0.3) is 0 Å². The van der Waals surface area contributed by atoms with Crippen molar-refractivity contribution < 1.29 is 9.15 Å². The van der Waals surface area contributed by atoms with Crippen LogP contribution in [0, 0.1) is 18.3 Å². The minimum absolute atomic E-state index is 0.134.